The molecule has 0 amide bonds. The van der Waals surface area contributed by atoms with Crippen molar-refractivity contribution < 1.29 is 13.9 Å². The number of aliphatic imine (C=N–C) groups is 1. The van der Waals surface area contributed by atoms with Gasteiger partial charge in [-0.2, -0.15) is 0 Å². The molecule has 1 aliphatic heterocycles. The number of fused-ring (bicyclic) bond motifs is 1. The van der Waals surface area contributed by atoms with Gasteiger partial charge in [0, 0.05) is 22.4 Å². The Labute approximate surface area is 192 Å². The molecular formula is C24H29FN4O2S. The topological polar surface area (TPSA) is 89.6 Å². The van der Waals surface area contributed by atoms with Crippen LogP contribution in [0.15, 0.2) is 29.3 Å². The molecule has 1 aromatic carbocycles. The molecule has 6 nitrogen and oxygen atoms in total. The Morgan fingerprint density at radius 3 is 2.44 bits per heavy atom. The summed E-state index contributed by atoms with van der Waals surface area (Å²) in [6.07, 6.45) is 0.371. The smallest absolute Gasteiger partial charge is 0.306 e. The van der Waals surface area contributed by atoms with E-state index in [1.165, 1.54) is 23.5 Å². The fourth-order valence-corrected chi connectivity index (χ4v) is 4.82. The van der Waals surface area contributed by atoms with E-state index in [9.17, 15) is 9.18 Å². The van der Waals surface area contributed by atoms with Crippen molar-refractivity contribution in [2.75, 3.05) is 4.90 Å². The normalized spacial score (nSPS) is 16.3. The zero-order valence-electron chi connectivity index (χ0n) is 19.3. The van der Waals surface area contributed by atoms with Crippen LogP contribution in [0.2, 0.25) is 0 Å². The summed E-state index contributed by atoms with van der Waals surface area (Å²) >= 11 is 1.50. The summed E-state index contributed by atoms with van der Waals surface area (Å²) in [4.78, 5) is 19.9. The summed E-state index contributed by atoms with van der Waals surface area (Å²) in [5, 5.41) is 18.0. The summed E-state index contributed by atoms with van der Waals surface area (Å²) < 4.78 is 19.0. The van der Waals surface area contributed by atoms with Gasteiger partial charge in [-0.3, -0.25) is 25.5 Å². The number of benzene rings is 1. The molecule has 8 heteroatoms. The molecular weight excluding hydrogens is 427 g/mol. The molecule has 0 saturated carbocycles. The number of nitrogens with one attached hydrogen (secondary N) is 2. The van der Waals surface area contributed by atoms with Crippen molar-refractivity contribution in [3.63, 3.8) is 0 Å². The molecule has 0 aliphatic carbocycles. The summed E-state index contributed by atoms with van der Waals surface area (Å²) in [5.74, 6) is -0.350. The van der Waals surface area contributed by atoms with E-state index in [2.05, 4.69) is 0 Å². The Kier molecular flexibility index (Phi) is 6.64. The van der Waals surface area contributed by atoms with E-state index in [-0.39, 0.29) is 36.3 Å². The lowest BCUT2D eigenvalue weighted by Crippen LogP contribution is -2.40. The van der Waals surface area contributed by atoms with E-state index in [0.717, 1.165) is 26.6 Å². The molecule has 1 atom stereocenters. The van der Waals surface area contributed by atoms with Crippen molar-refractivity contribution in [1.82, 2.24) is 0 Å². The van der Waals surface area contributed by atoms with Crippen LogP contribution in [0.5, 0.6) is 0 Å². The first-order chi connectivity index (χ1) is 14.9. The van der Waals surface area contributed by atoms with Gasteiger partial charge in [0.25, 0.3) is 0 Å². The lowest BCUT2D eigenvalue weighted by Gasteiger charge is -2.25. The number of aryl methyl sites for hydroxylation is 1. The SMILES string of the molecule is CC(=N)N1C(=N)C(CCC(=O)OC(C)(C)C)N=C(c2ccc(F)cc2)c2c1sc(C)c2C. The zero-order chi connectivity index (χ0) is 23.8. The molecule has 32 heavy (non-hydrogen) atoms. The minimum atomic E-state index is -0.651. The third kappa shape index (κ3) is 4.96. The molecule has 0 radical (unpaired) electrons. The third-order valence-electron chi connectivity index (χ3n) is 5.14. The zero-order valence-corrected chi connectivity index (χ0v) is 20.1. The molecule has 0 bridgehead atoms. The van der Waals surface area contributed by atoms with Crippen LogP contribution in [-0.2, 0) is 9.53 Å². The highest BCUT2D eigenvalue weighted by Gasteiger charge is 2.34. The summed E-state index contributed by atoms with van der Waals surface area (Å²) in [5.41, 5.74) is 2.64. The number of esters is 1. The Morgan fingerprint density at radius 2 is 1.88 bits per heavy atom. The number of ether oxygens (including phenoxy) is 1. The van der Waals surface area contributed by atoms with Crippen LogP contribution in [0.1, 0.15) is 62.1 Å². The molecule has 1 aliphatic rings. The van der Waals surface area contributed by atoms with Crippen molar-refractivity contribution in [1.29, 1.82) is 10.8 Å². The van der Waals surface area contributed by atoms with Gasteiger partial charge in [-0.25, -0.2) is 4.39 Å². The van der Waals surface area contributed by atoms with E-state index in [1.807, 2.05) is 34.6 Å². The molecule has 3 rings (SSSR count). The minimum Gasteiger partial charge on any atom is -0.460 e. The number of nitrogens with zero attached hydrogens (tertiary/aromatic N) is 2. The maximum absolute atomic E-state index is 13.6. The Balaban J connectivity index is 2.10. The third-order valence-corrected chi connectivity index (χ3v) is 6.34. The number of halogens is 1. The van der Waals surface area contributed by atoms with E-state index in [0.29, 0.717) is 5.71 Å². The van der Waals surface area contributed by atoms with Crippen LogP contribution in [0.3, 0.4) is 0 Å². The maximum Gasteiger partial charge on any atom is 0.306 e. The molecule has 170 valence electrons. The Morgan fingerprint density at radius 1 is 1.25 bits per heavy atom. The Bertz CT molecular complexity index is 1100. The van der Waals surface area contributed by atoms with Crippen molar-refractivity contribution in [3.05, 3.63) is 51.7 Å². The highest BCUT2D eigenvalue weighted by Crippen LogP contribution is 2.40. The van der Waals surface area contributed by atoms with Crippen LogP contribution >= 0.6 is 11.3 Å². The fraction of sp³-hybridized carbons (Fsp3) is 0.417. The van der Waals surface area contributed by atoms with Gasteiger partial charge in [0.2, 0.25) is 0 Å². The number of thiophene rings is 1. The van der Waals surface area contributed by atoms with Gasteiger partial charge in [0.1, 0.15) is 34.1 Å². The van der Waals surface area contributed by atoms with Crippen molar-refractivity contribution in [2.24, 2.45) is 4.99 Å². The quantitative estimate of drug-likeness (QED) is 0.355. The average molecular weight is 457 g/mol. The van der Waals surface area contributed by atoms with Gasteiger partial charge < -0.3 is 4.74 Å². The molecule has 0 fully saturated rings. The van der Waals surface area contributed by atoms with Crippen LogP contribution in [-0.4, -0.2) is 35.0 Å². The second-order valence-electron chi connectivity index (χ2n) is 8.89. The van der Waals surface area contributed by atoms with Crippen molar-refractivity contribution >= 4 is 39.7 Å². The fourth-order valence-electron chi connectivity index (χ4n) is 3.59. The lowest BCUT2D eigenvalue weighted by molar-refractivity contribution is -0.154. The average Bonchev–Trinajstić information content (AvgIpc) is 2.88. The number of amidine groups is 2. The van der Waals surface area contributed by atoms with Crippen molar-refractivity contribution in [3.8, 4) is 0 Å². The van der Waals surface area contributed by atoms with E-state index < -0.39 is 11.6 Å². The van der Waals surface area contributed by atoms with Gasteiger partial charge >= 0.3 is 5.97 Å². The highest BCUT2D eigenvalue weighted by atomic mass is 32.1. The maximum atomic E-state index is 13.6. The first kappa shape index (κ1) is 23.8. The molecule has 0 spiro atoms. The molecule has 2 N–H and O–H groups in total. The van der Waals surface area contributed by atoms with Crippen LogP contribution in [0.4, 0.5) is 9.39 Å². The summed E-state index contributed by atoms with van der Waals surface area (Å²) in [6.45, 7) is 11.1. The van der Waals surface area contributed by atoms with E-state index >= 15 is 0 Å². The first-order valence-electron chi connectivity index (χ1n) is 10.5. The number of carbonyl (C=O) groups is 1. The molecule has 2 aromatic rings. The largest absolute Gasteiger partial charge is 0.460 e. The second-order valence-corrected chi connectivity index (χ2v) is 10.1. The van der Waals surface area contributed by atoms with Gasteiger partial charge in [0.15, 0.2) is 0 Å². The number of anilines is 1. The predicted octanol–water partition coefficient (Wildman–Crippen LogP) is 5.63. The van der Waals surface area contributed by atoms with Crippen LogP contribution in [0, 0.1) is 30.5 Å². The standard InChI is InChI=1S/C24H29FN4O2S/c1-13-14(2)32-23-20(13)21(16-7-9-17(25)10-8-16)28-18(22(27)29(23)15(3)26)11-12-19(30)31-24(4,5)6/h7-10,18,26-27H,11-12H2,1-6H3. The summed E-state index contributed by atoms with van der Waals surface area (Å²) in [7, 11) is 0. The van der Waals surface area contributed by atoms with Gasteiger partial charge in [0.05, 0.1) is 5.71 Å². The van der Waals surface area contributed by atoms with E-state index in [1.54, 1.807) is 24.0 Å². The highest BCUT2D eigenvalue weighted by molar-refractivity contribution is 7.17. The Hall–Kier alpha value is -2.87. The minimum absolute atomic E-state index is 0.0983. The molecule has 0 saturated heterocycles. The monoisotopic (exact) mass is 456 g/mol. The lowest BCUT2D eigenvalue weighted by atomic mass is 9.99. The number of hydrogen-bond acceptors (Lipinski definition) is 6. The van der Waals surface area contributed by atoms with Gasteiger partial charge in [-0.15, -0.1) is 11.3 Å². The molecule has 1 aromatic heterocycles. The van der Waals surface area contributed by atoms with Crippen LogP contribution < -0.4 is 4.90 Å². The van der Waals surface area contributed by atoms with Crippen molar-refractivity contribution in [2.45, 2.75) is 66.0 Å². The number of carbonyl (C=O) groups excluding carboxylic acids is 1. The number of rotatable bonds is 4. The molecule has 1 unspecified atom stereocenters. The predicted molar refractivity (Wildman–Crippen MR) is 128 cm³/mol. The van der Waals surface area contributed by atoms with Crippen LogP contribution in [0.25, 0.3) is 0 Å². The first-order valence-corrected chi connectivity index (χ1v) is 11.3. The second kappa shape index (κ2) is 8.94. The number of hydrogen-bond donors (Lipinski definition) is 2. The van der Waals surface area contributed by atoms with Gasteiger partial charge in [-0.1, -0.05) is 0 Å². The van der Waals surface area contributed by atoms with E-state index in [4.69, 9.17) is 20.5 Å². The van der Waals surface area contributed by atoms with Gasteiger partial charge in [-0.05, 0) is 77.8 Å². The summed E-state index contributed by atoms with van der Waals surface area (Å²) in [6, 6.07) is 5.47. The molecule has 2 heterocycles.